The van der Waals surface area contributed by atoms with Crippen LogP contribution in [0.3, 0.4) is 0 Å². The van der Waals surface area contributed by atoms with Gasteiger partial charge in [-0.1, -0.05) is 39.0 Å². The quantitative estimate of drug-likeness (QED) is 0.466. The van der Waals surface area contributed by atoms with Crippen molar-refractivity contribution in [3.8, 4) is 17.1 Å². The van der Waals surface area contributed by atoms with Crippen LogP contribution in [-0.4, -0.2) is 25.7 Å². The molecule has 1 N–H and O–H groups in total. The van der Waals surface area contributed by atoms with E-state index in [1.54, 1.807) is 29.1 Å². The predicted octanol–water partition coefficient (Wildman–Crippen LogP) is 4.93. The number of nitrogens with zero attached hydrogens (tertiary/aromatic N) is 4. The van der Waals surface area contributed by atoms with Crippen LogP contribution in [0.4, 0.5) is 10.2 Å². The van der Waals surface area contributed by atoms with E-state index in [-0.39, 0.29) is 30.0 Å². The fourth-order valence-electron chi connectivity index (χ4n) is 3.13. The lowest BCUT2D eigenvalue weighted by Crippen LogP contribution is -2.16. The maximum atomic E-state index is 13.9. The minimum absolute atomic E-state index is 0.148. The van der Waals surface area contributed by atoms with Crippen molar-refractivity contribution in [3.63, 3.8) is 0 Å². The number of aryl methyl sites for hydroxylation is 1. The number of rotatable bonds is 6. The minimum atomic E-state index is -0.384. The number of amides is 1. The maximum Gasteiger partial charge on any atom is 0.226 e. The van der Waals surface area contributed by atoms with Crippen LogP contribution in [-0.2, 0) is 16.6 Å². The van der Waals surface area contributed by atoms with Crippen molar-refractivity contribution >= 4 is 11.7 Å². The van der Waals surface area contributed by atoms with Crippen LogP contribution < -0.4 is 5.32 Å². The SMILES string of the molecule is CC(C)(C)c1cc(NC(=O)CCc2ncc(-c3ccccc3F)o2)n(-c2ccccn2)n1. The van der Waals surface area contributed by atoms with Gasteiger partial charge in [0, 0.05) is 30.5 Å². The Hall–Kier alpha value is -3.81. The first-order valence-electron chi connectivity index (χ1n) is 10.3. The summed E-state index contributed by atoms with van der Waals surface area (Å²) in [5.41, 5.74) is 0.978. The number of oxazole rings is 1. The molecule has 0 bridgehead atoms. The Labute approximate surface area is 185 Å². The van der Waals surface area contributed by atoms with Gasteiger partial charge in [0.15, 0.2) is 17.5 Å². The van der Waals surface area contributed by atoms with Crippen LogP contribution in [0.1, 0.15) is 38.8 Å². The zero-order valence-electron chi connectivity index (χ0n) is 18.2. The van der Waals surface area contributed by atoms with Gasteiger partial charge in [-0.05, 0) is 24.3 Å². The second-order valence-corrected chi connectivity index (χ2v) is 8.41. The number of pyridine rings is 1. The molecule has 32 heavy (non-hydrogen) atoms. The number of hydrogen-bond donors (Lipinski definition) is 1. The summed E-state index contributed by atoms with van der Waals surface area (Å²) in [4.78, 5) is 21.2. The third kappa shape index (κ3) is 4.74. The normalized spacial score (nSPS) is 11.5. The molecular weight excluding hydrogens is 409 g/mol. The molecule has 0 radical (unpaired) electrons. The van der Waals surface area contributed by atoms with E-state index >= 15 is 0 Å². The molecule has 0 aliphatic heterocycles. The third-order valence-electron chi connectivity index (χ3n) is 4.87. The molecule has 164 valence electrons. The molecule has 4 aromatic rings. The number of hydrogen-bond acceptors (Lipinski definition) is 5. The molecule has 7 nitrogen and oxygen atoms in total. The molecule has 0 fully saturated rings. The van der Waals surface area contributed by atoms with Gasteiger partial charge in [0.25, 0.3) is 0 Å². The van der Waals surface area contributed by atoms with Gasteiger partial charge in [-0.3, -0.25) is 4.79 Å². The lowest BCUT2D eigenvalue weighted by molar-refractivity contribution is -0.116. The van der Waals surface area contributed by atoms with Crippen LogP contribution >= 0.6 is 0 Å². The van der Waals surface area contributed by atoms with Crippen molar-refractivity contribution in [2.45, 2.75) is 39.0 Å². The number of halogens is 1. The van der Waals surface area contributed by atoms with Crippen LogP contribution in [0.15, 0.2) is 65.3 Å². The van der Waals surface area contributed by atoms with Crippen molar-refractivity contribution in [1.82, 2.24) is 19.7 Å². The summed E-state index contributed by atoms with van der Waals surface area (Å²) in [6, 6.07) is 13.7. The zero-order chi connectivity index (χ0) is 22.7. The molecule has 0 atom stereocenters. The Kier molecular flexibility index (Phi) is 5.85. The lowest BCUT2D eigenvalue weighted by atomic mass is 9.92. The average Bonchev–Trinajstić information content (AvgIpc) is 3.40. The van der Waals surface area contributed by atoms with E-state index in [1.807, 2.05) is 24.3 Å². The monoisotopic (exact) mass is 433 g/mol. The molecule has 0 spiro atoms. The molecule has 0 unspecified atom stereocenters. The highest BCUT2D eigenvalue weighted by Gasteiger charge is 2.22. The van der Waals surface area contributed by atoms with Gasteiger partial charge in [-0.15, -0.1) is 0 Å². The van der Waals surface area contributed by atoms with E-state index in [1.165, 1.54) is 12.3 Å². The summed E-state index contributed by atoms with van der Waals surface area (Å²) in [6.07, 6.45) is 3.58. The van der Waals surface area contributed by atoms with Crippen LogP contribution in [0.25, 0.3) is 17.1 Å². The fourth-order valence-corrected chi connectivity index (χ4v) is 3.13. The third-order valence-corrected chi connectivity index (χ3v) is 4.87. The first-order valence-corrected chi connectivity index (χ1v) is 10.3. The number of benzene rings is 1. The average molecular weight is 433 g/mol. The summed E-state index contributed by atoms with van der Waals surface area (Å²) in [7, 11) is 0. The van der Waals surface area contributed by atoms with Crippen LogP contribution in [0, 0.1) is 5.82 Å². The van der Waals surface area contributed by atoms with Crippen molar-refractivity contribution in [2.24, 2.45) is 0 Å². The van der Waals surface area contributed by atoms with Crippen LogP contribution in [0.2, 0.25) is 0 Å². The van der Waals surface area contributed by atoms with Gasteiger partial charge in [0.05, 0.1) is 17.5 Å². The van der Waals surface area contributed by atoms with Gasteiger partial charge in [-0.2, -0.15) is 9.78 Å². The van der Waals surface area contributed by atoms with Crippen molar-refractivity contribution in [1.29, 1.82) is 0 Å². The topological polar surface area (TPSA) is 85.8 Å². The van der Waals surface area contributed by atoms with Gasteiger partial charge in [0.1, 0.15) is 11.6 Å². The molecule has 3 heterocycles. The first-order chi connectivity index (χ1) is 15.3. The summed E-state index contributed by atoms with van der Waals surface area (Å²) in [5, 5.41) is 7.55. The van der Waals surface area contributed by atoms with E-state index < -0.39 is 0 Å². The standard InChI is InChI=1S/C24H24FN5O2/c1-24(2,3)19-14-21(30(29-19)20-10-6-7-13-26-20)28-22(31)11-12-23-27-15-18(32-23)16-8-4-5-9-17(16)25/h4-10,13-15H,11-12H2,1-3H3,(H,28,31). The minimum Gasteiger partial charge on any atom is -0.441 e. The largest absolute Gasteiger partial charge is 0.441 e. The second kappa shape index (κ2) is 8.74. The summed E-state index contributed by atoms with van der Waals surface area (Å²) in [5.74, 6) is 1.26. The predicted molar refractivity (Wildman–Crippen MR) is 119 cm³/mol. The Balaban J connectivity index is 1.47. The van der Waals surface area contributed by atoms with Gasteiger partial charge >= 0.3 is 0 Å². The lowest BCUT2D eigenvalue weighted by Gasteiger charge is -2.13. The Bertz CT molecular complexity index is 1220. The number of aromatic nitrogens is 4. The molecule has 0 aliphatic rings. The number of nitrogens with one attached hydrogen (secondary N) is 1. The van der Waals surface area contributed by atoms with Gasteiger partial charge in [-0.25, -0.2) is 14.4 Å². The number of carbonyl (C=O) groups excluding carboxylic acids is 1. The Morgan fingerprint density at radius 3 is 2.62 bits per heavy atom. The maximum absolute atomic E-state index is 13.9. The molecule has 8 heteroatoms. The molecule has 0 saturated heterocycles. The van der Waals surface area contributed by atoms with E-state index in [9.17, 15) is 9.18 Å². The van der Waals surface area contributed by atoms with Gasteiger partial charge in [0.2, 0.25) is 5.91 Å². The van der Waals surface area contributed by atoms with E-state index in [2.05, 4.69) is 41.2 Å². The Morgan fingerprint density at radius 1 is 1.12 bits per heavy atom. The molecule has 0 aliphatic carbocycles. The highest BCUT2D eigenvalue weighted by molar-refractivity contribution is 5.90. The van der Waals surface area contributed by atoms with E-state index in [4.69, 9.17) is 4.42 Å². The molecular formula is C24H24FN5O2. The zero-order valence-corrected chi connectivity index (χ0v) is 18.2. The number of carbonyl (C=O) groups is 1. The Morgan fingerprint density at radius 2 is 1.91 bits per heavy atom. The van der Waals surface area contributed by atoms with Crippen molar-refractivity contribution < 1.29 is 13.6 Å². The molecule has 0 saturated carbocycles. The summed E-state index contributed by atoms with van der Waals surface area (Å²) < 4.78 is 21.2. The van der Waals surface area contributed by atoms with Gasteiger partial charge < -0.3 is 9.73 Å². The van der Waals surface area contributed by atoms with Crippen molar-refractivity contribution in [2.75, 3.05) is 5.32 Å². The molecule has 3 aromatic heterocycles. The van der Waals surface area contributed by atoms with Crippen molar-refractivity contribution in [3.05, 3.63) is 78.3 Å². The second-order valence-electron chi connectivity index (χ2n) is 8.41. The highest BCUT2D eigenvalue weighted by atomic mass is 19.1. The van der Waals surface area contributed by atoms with Crippen LogP contribution in [0.5, 0.6) is 0 Å². The molecule has 1 aromatic carbocycles. The summed E-state index contributed by atoms with van der Waals surface area (Å²) >= 11 is 0. The first kappa shape index (κ1) is 21.4. The fraction of sp³-hybridized carbons (Fsp3) is 0.250. The molecule has 4 rings (SSSR count). The number of anilines is 1. The highest BCUT2D eigenvalue weighted by Crippen LogP contribution is 2.26. The van der Waals surface area contributed by atoms with E-state index in [0.717, 1.165) is 5.69 Å². The smallest absolute Gasteiger partial charge is 0.226 e. The molecule has 1 amide bonds. The summed E-state index contributed by atoms with van der Waals surface area (Å²) in [6.45, 7) is 6.16. The van der Waals surface area contributed by atoms with E-state index in [0.29, 0.717) is 28.9 Å².